The van der Waals surface area contributed by atoms with Crippen LogP contribution in [0.4, 0.5) is 13.6 Å². The van der Waals surface area contributed by atoms with E-state index in [1.54, 1.807) is 35.7 Å². The van der Waals surface area contributed by atoms with Crippen LogP contribution in [-0.2, 0) is 10.0 Å². The summed E-state index contributed by atoms with van der Waals surface area (Å²) in [5, 5.41) is 7.12. The van der Waals surface area contributed by atoms with Gasteiger partial charge in [-0.25, -0.2) is 31.7 Å². The summed E-state index contributed by atoms with van der Waals surface area (Å²) >= 11 is 0.710. The number of sulfonamides is 1. The van der Waals surface area contributed by atoms with Gasteiger partial charge in [0, 0.05) is 44.5 Å². The first-order valence-electron chi connectivity index (χ1n) is 11.3. The number of pyridine rings is 1. The lowest BCUT2D eigenvalue weighted by atomic mass is 9.99. The van der Waals surface area contributed by atoms with Crippen molar-refractivity contribution in [2.45, 2.75) is 43.0 Å². The molecule has 5 rings (SSSR count). The Morgan fingerprint density at radius 1 is 1.28 bits per heavy atom. The number of amides is 2. The van der Waals surface area contributed by atoms with Crippen LogP contribution in [0.1, 0.15) is 43.2 Å². The van der Waals surface area contributed by atoms with Crippen LogP contribution in [-0.4, -0.2) is 76.6 Å². The van der Waals surface area contributed by atoms with Gasteiger partial charge in [0.2, 0.25) is 10.0 Å². The topological polar surface area (TPSA) is 113 Å². The normalized spacial score (nSPS) is 17.5. The number of hydrogen-bond donors (Lipinski definition) is 1. The molecule has 192 valence electrons. The van der Waals surface area contributed by atoms with Gasteiger partial charge in [0.25, 0.3) is 6.43 Å². The summed E-state index contributed by atoms with van der Waals surface area (Å²) in [4.78, 5) is 20.0. The molecule has 3 aromatic rings. The molecular formula is C22H25F2N7O3S2. The summed E-state index contributed by atoms with van der Waals surface area (Å²) in [7, 11) is -0.502. The lowest BCUT2D eigenvalue weighted by Gasteiger charge is -2.29. The molecular weight excluding hydrogens is 512 g/mol. The molecule has 1 N–H and O–H groups in total. The standard InChI is InChI=1S/C22H25F2N7O3S2/c1-22(6-7-22)28-36(33,34)14-10-15(13-4-8-30(9-5-13)21(32)29(2)3)16-11-25-18(31(16)12-14)20-27-26-19(35-20)17(23)24/h4,10-12,17,28H,5-9H2,1-3H3. The van der Waals surface area contributed by atoms with Crippen molar-refractivity contribution in [3.05, 3.63) is 35.1 Å². The molecule has 1 fully saturated rings. The van der Waals surface area contributed by atoms with Crippen LogP contribution in [0.15, 0.2) is 29.4 Å². The van der Waals surface area contributed by atoms with E-state index in [0.717, 1.165) is 18.4 Å². The molecule has 1 saturated carbocycles. The summed E-state index contributed by atoms with van der Waals surface area (Å²) < 4.78 is 57.2. The average Bonchev–Trinajstić information content (AvgIpc) is 3.22. The van der Waals surface area contributed by atoms with Gasteiger partial charge >= 0.3 is 6.03 Å². The molecule has 1 aliphatic heterocycles. The maximum atomic E-state index is 13.3. The highest BCUT2D eigenvalue weighted by Crippen LogP contribution is 2.37. The number of alkyl halides is 2. The molecule has 36 heavy (non-hydrogen) atoms. The highest BCUT2D eigenvalue weighted by Gasteiger charge is 2.41. The molecule has 0 atom stereocenters. The van der Waals surface area contributed by atoms with E-state index in [0.29, 0.717) is 41.9 Å². The van der Waals surface area contributed by atoms with E-state index in [9.17, 15) is 22.0 Å². The van der Waals surface area contributed by atoms with Crippen molar-refractivity contribution in [1.29, 1.82) is 0 Å². The summed E-state index contributed by atoms with van der Waals surface area (Å²) in [6.45, 7) is 2.69. The van der Waals surface area contributed by atoms with Gasteiger partial charge in [-0.1, -0.05) is 17.4 Å². The predicted octanol–water partition coefficient (Wildman–Crippen LogP) is 3.39. The van der Waals surface area contributed by atoms with Gasteiger partial charge in [-0.3, -0.25) is 4.40 Å². The minimum absolute atomic E-state index is 0.0312. The molecule has 2 aliphatic rings. The number of fused-ring (bicyclic) bond motifs is 1. The Bertz CT molecular complexity index is 1480. The van der Waals surface area contributed by atoms with Crippen LogP contribution >= 0.6 is 11.3 Å². The van der Waals surface area contributed by atoms with Crippen molar-refractivity contribution >= 4 is 38.5 Å². The first kappa shape index (κ1) is 24.7. The molecule has 3 aromatic heterocycles. The van der Waals surface area contributed by atoms with Crippen LogP contribution in [0, 0.1) is 0 Å². The number of rotatable bonds is 6. The number of carbonyl (C=O) groups is 1. The van der Waals surface area contributed by atoms with Crippen molar-refractivity contribution in [3.63, 3.8) is 0 Å². The van der Waals surface area contributed by atoms with Gasteiger partial charge in [-0.2, -0.15) is 0 Å². The van der Waals surface area contributed by atoms with Gasteiger partial charge in [-0.05, 0) is 37.8 Å². The fourth-order valence-corrected chi connectivity index (χ4v) is 6.27. The Balaban J connectivity index is 1.62. The Kier molecular flexibility index (Phi) is 6.08. The molecule has 0 spiro atoms. The maximum Gasteiger partial charge on any atom is 0.319 e. The van der Waals surface area contributed by atoms with E-state index in [1.165, 1.54) is 11.1 Å². The first-order chi connectivity index (χ1) is 17.0. The summed E-state index contributed by atoms with van der Waals surface area (Å²) in [5.74, 6) is 0.228. The Hall–Kier alpha value is -2.97. The van der Waals surface area contributed by atoms with Crippen molar-refractivity contribution in [2.24, 2.45) is 0 Å². The van der Waals surface area contributed by atoms with E-state index in [2.05, 4.69) is 19.9 Å². The molecule has 0 unspecified atom stereocenters. The van der Waals surface area contributed by atoms with Crippen LogP contribution in [0.2, 0.25) is 0 Å². The molecule has 14 heteroatoms. The molecule has 10 nitrogen and oxygen atoms in total. The SMILES string of the molecule is CN(C)C(=O)N1CC=C(c2cc(S(=O)(=O)NC3(C)CC3)cn3c(-c4nnc(C(F)F)s4)ncc23)CC1. The van der Waals surface area contributed by atoms with Crippen LogP contribution < -0.4 is 4.72 Å². The Labute approximate surface area is 210 Å². The highest BCUT2D eigenvalue weighted by atomic mass is 32.2. The number of carbonyl (C=O) groups excluding carboxylic acids is 1. The van der Waals surface area contributed by atoms with Gasteiger partial charge in [0.05, 0.1) is 16.6 Å². The second-order valence-electron chi connectivity index (χ2n) is 9.44. The van der Waals surface area contributed by atoms with Gasteiger partial charge < -0.3 is 9.80 Å². The summed E-state index contributed by atoms with van der Waals surface area (Å²) in [6.07, 6.45) is 4.15. The second kappa shape index (κ2) is 8.85. The van der Waals surface area contributed by atoms with E-state index in [1.807, 2.05) is 13.0 Å². The fourth-order valence-electron chi connectivity index (χ4n) is 4.09. The Morgan fingerprint density at radius 2 is 2.03 bits per heavy atom. The number of nitrogens with one attached hydrogen (secondary N) is 1. The average molecular weight is 538 g/mol. The number of nitrogens with zero attached hydrogens (tertiary/aromatic N) is 6. The van der Waals surface area contributed by atoms with Crippen molar-refractivity contribution < 1.29 is 22.0 Å². The molecule has 1 aliphatic carbocycles. The van der Waals surface area contributed by atoms with Gasteiger partial charge in [-0.15, -0.1) is 10.2 Å². The van der Waals surface area contributed by atoms with Crippen LogP contribution in [0.3, 0.4) is 0 Å². The summed E-state index contributed by atoms with van der Waals surface area (Å²) in [6, 6.07) is 1.50. The second-order valence-corrected chi connectivity index (χ2v) is 12.1. The molecule has 0 bridgehead atoms. The quantitative estimate of drug-likeness (QED) is 0.516. The lowest BCUT2D eigenvalue weighted by Crippen LogP contribution is -2.41. The minimum Gasteiger partial charge on any atom is -0.331 e. The van der Waals surface area contributed by atoms with E-state index in [4.69, 9.17) is 0 Å². The maximum absolute atomic E-state index is 13.3. The largest absolute Gasteiger partial charge is 0.331 e. The number of hydrogen-bond acceptors (Lipinski definition) is 7. The third kappa shape index (κ3) is 4.60. The van der Waals surface area contributed by atoms with Crippen molar-refractivity contribution in [2.75, 3.05) is 27.2 Å². The van der Waals surface area contributed by atoms with Crippen molar-refractivity contribution in [1.82, 2.24) is 34.1 Å². The van der Waals surface area contributed by atoms with Gasteiger partial charge in [0.1, 0.15) is 0 Å². The molecule has 0 radical (unpaired) electrons. The monoisotopic (exact) mass is 537 g/mol. The number of halogens is 2. The lowest BCUT2D eigenvalue weighted by molar-refractivity contribution is 0.150. The number of imidazole rings is 1. The predicted molar refractivity (Wildman–Crippen MR) is 130 cm³/mol. The smallest absolute Gasteiger partial charge is 0.319 e. The third-order valence-corrected chi connectivity index (χ3v) is 8.87. The highest BCUT2D eigenvalue weighted by molar-refractivity contribution is 7.89. The zero-order valence-corrected chi connectivity index (χ0v) is 21.5. The zero-order chi connectivity index (χ0) is 25.8. The third-order valence-electron chi connectivity index (χ3n) is 6.33. The van der Waals surface area contributed by atoms with E-state index in [-0.39, 0.29) is 21.8 Å². The number of urea groups is 1. The fraction of sp³-hybridized carbons (Fsp3) is 0.455. The summed E-state index contributed by atoms with van der Waals surface area (Å²) in [5.41, 5.74) is 1.64. The molecule has 0 saturated heterocycles. The first-order valence-corrected chi connectivity index (χ1v) is 13.6. The molecule has 4 heterocycles. The number of aromatic nitrogens is 4. The van der Waals surface area contributed by atoms with Crippen LogP contribution in [0.5, 0.6) is 0 Å². The zero-order valence-electron chi connectivity index (χ0n) is 19.9. The van der Waals surface area contributed by atoms with Crippen molar-refractivity contribution in [3.8, 4) is 10.8 Å². The van der Waals surface area contributed by atoms with Gasteiger partial charge in [0.15, 0.2) is 15.8 Å². The molecule has 2 amide bonds. The minimum atomic E-state index is -3.88. The van der Waals surface area contributed by atoms with E-state index < -0.39 is 27.0 Å². The Morgan fingerprint density at radius 3 is 2.61 bits per heavy atom. The van der Waals surface area contributed by atoms with Crippen LogP contribution in [0.25, 0.3) is 21.9 Å². The van der Waals surface area contributed by atoms with E-state index >= 15 is 0 Å². The molecule has 0 aromatic carbocycles.